The van der Waals surface area contributed by atoms with E-state index in [1.165, 1.54) is 0 Å². The number of hydrogen-bond donors (Lipinski definition) is 1. The van der Waals surface area contributed by atoms with E-state index >= 15 is 0 Å². The van der Waals surface area contributed by atoms with Gasteiger partial charge in [0.1, 0.15) is 5.60 Å². The number of nitrogens with one attached hydrogen (secondary N) is 1. The van der Waals surface area contributed by atoms with E-state index < -0.39 is 11.7 Å². The highest BCUT2D eigenvalue weighted by Gasteiger charge is 2.26. The molecule has 0 aromatic carbocycles. The van der Waals surface area contributed by atoms with Crippen molar-refractivity contribution in [1.82, 2.24) is 5.32 Å². The fourth-order valence-electron chi connectivity index (χ4n) is 1.08. The van der Waals surface area contributed by atoms with Gasteiger partial charge >= 0.3 is 6.09 Å². The third kappa shape index (κ3) is 8.97. The number of amides is 1. The monoisotopic (exact) mass is 371 g/mol. The fraction of sp³-hybridized carbons (Fsp3) is 0.923. The number of carbonyl (C=O) groups is 1. The van der Waals surface area contributed by atoms with E-state index in [0.29, 0.717) is 19.1 Å². The molecule has 18 heavy (non-hydrogen) atoms. The van der Waals surface area contributed by atoms with Gasteiger partial charge in [0, 0.05) is 11.0 Å². The maximum absolute atomic E-state index is 11.6. The van der Waals surface area contributed by atoms with Gasteiger partial charge in [-0.05, 0) is 33.6 Å². The van der Waals surface area contributed by atoms with E-state index in [1.807, 2.05) is 27.7 Å². The number of hydrogen-bond acceptors (Lipinski definition) is 3. The molecule has 0 heterocycles. The Bertz CT molecular complexity index is 263. The lowest BCUT2D eigenvalue weighted by Crippen LogP contribution is -2.46. The average molecular weight is 371 g/mol. The Morgan fingerprint density at radius 3 is 2.22 bits per heavy atom. The van der Waals surface area contributed by atoms with Gasteiger partial charge in [-0.1, -0.05) is 36.4 Å². The first-order chi connectivity index (χ1) is 8.08. The van der Waals surface area contributed by atoms with Crippen LogP contribution in [0.4, 0.5) is 4.79 Å². The van der Waals surface area contributed by atoms with Crippen LogP contribution in [0.2, 0.25) is 0 Å². The molecule has 1 unspecified atom stereocenters. The molecule has 0 aliphatic rings. The van der Waals surface area contributed by atoms with Crippen LogP contribution in [-0.2, 0) is 9.47 Å². The first-order valence-corrected chi connectivity index (χ1v) is 7.77. The largest absolute Gasteiger partial charge is 0.444 e. The maximum atomic E-state index is 11.6. The smallest absolute Gasteiger partial charge is 0.407 e. The summed E-state index contributed by atoms with van der Waals surface area (Å²) >= 11 is 2.27. The van der Waals surface area contributed by atoms with Gasteiger partial charge in [-0.3, -0.25) is 0 Å². The molecule has 0 saturated carbocycles. The van der Waals surface area contributed by atoms with Crippen molar-refractivity contribution < 1.29 is 14.3 Å². The van der Waals surface area contributed by atoms with E-state index in [2.05, 4.69) is 41.8 Å². The zero-order valence-electron chi connectivity index (χ0n) is 12.3. The minimum absolute atomic E-state index is 0.346. The molecule has 0 aliphatic carbocycles. The Morgan fingerprint density at radius 1 is 1.28 bits per heavy atom. The second-order valence-electron chi connectivity index (χ2n) is 6.14. The molecule has 108 valence electrons. The number of ether oxygens (including phenoxy) is 2. The van der Waals surface area contributed by atoms with Crippen molar-refractivity contribution in [3.63, 3.8) is 0 Å². The Labute approximate surface area is 124 Å². The zero-order valence-corrected chi connectivity index (χ0v) is 14.5. The summed E-state index contributed by atoms with van der Waals surface area (Å²) in [5.41, 5.74) is -0.814. The predicted molar refractivity (Wildman–Crippen MR) is 82.3 cm³/mol. The topological polar surface area (TPSA) is 47.6 Å². The molecular formula is C13H26INO3. The second-order valence-corrected chi connectivity index (χ2v) is 6.91. The quantitative estimate of drug-likeness (QED) is 0.575. The normalized spacial score (nSPS) is 15.3. The van der Waals surface area contributed by atoms with E-state index in [4.69, 9.17) is 9.47 Å². The molecule has 0 aromatic heterocycles. The van der Waals surface area contributed by atoms with Crippen molar-refractivity contribution in [1.29, 1.82) is 0 Å². The predicted octanol–water partition coefficient (Wildman–Crippen LogP) is 3.38. The summed E-state index contributed by atoms with van der Waals surface area (Å²) in [6.07, 6.45) is -0.397. The van der Waals surface area contributed by atoms with E-state index in [1.54, 1.807) is 0 Å². The van der Waals surface area contributed by atoms with Crippen LogP contribution < -0.4 is 5.32 Å². The molecule has 1 amide bonds. The molecule has 0 saturated heterocycles. The highest BCUT2D eigenvalue weighted by atomic mass is 127. The summed E-state index contributed by atoms with van der Waals surface area (Å²) in [6, 6.07) is 0. The number of alkyl halides is 1. The van der Waals surface area contributed by atoms with Crippen LogP contribution in [0, 0.1) is 5.92 Å². The van der Waals surface area contributed by atoms with Crippen molar-refractivity contribution >= 4 is 28.7 Å². The Morgan fingerprint density at radius 2 is 1.83 bits per heavy atom. The molecule has 0 fully saturated rings. The third-order valence-electron chi connectivity index (χ3n) is 2.05. The van der Waals surface area contributed by atoms with Crippen molar-refractivity contribution in [2.45, 2.75) is 52.7 Å². The highest BCUT2D eigenvalue weighted by Crippen LogP contribution is 2.15. The first kappa shape index (κ1) is 18.0. The molecule has 0 aromatic rings. The van der Waals surface area contributed by atoms with Crippen molar-refractivity contribution in [2.75, 3.05) is 17.6 Å². The summed E-state index contributed by atoms with van der Waals surface area (Å²) in [5, 5.41) is 2.76. The van der Waals surface area contributed by atoms with Crippen LogP contribution in [0.3, 0.4) is 0 Å². The highest BCUT2D eigenvalue weighted by molar-refractivity contribution is 14.1. The van der Waals surface area contributed by atoms with Gasteiger partial charge in [0.05, 0.1) is 12.1 Å². The van der Waals surface area contributed by atoms with E-state index in [0.717, 1.165) is 4.43 Å². The lowest BCUT2D eigenvalue weighted by atomic mass is 10.1. The number of carbonyl (C=O) groups excluding carboxylic acids is 1. The Hall–Kier alpha value is -0.0400. The summed E-state index contributed by atoms with van der Waals surface area (Å²) in [5.74, 6) is 0.480. The van der Waals surface area contributed by atoms with Crippen LogP contribution in [0.15, 0.2) is 0 Å². The summed E-state index contributed by atoms with van der Waals surface area (Å²) in [4.78, 5) is 11.6. The van der Waals surface area contributed by atoms with Gasteiger partial charge in [-0.15, -0.1) is 0 Å². The molecule has 0 spiro atoms. The molecule has 0 rings (SSSR count). The van der Waals surface area contributed by atoms with Crippen LogP contribution >= 0.6 is 22.6 Å². The minimum atomic E-state index is -0.469. The van der Waals surface area contributed by atoms with Crippen molar-refractivity contribution in [2.24, 2.45) is 5.92 Å². The fourth-order valence-corrected chi connectivity index (χ4v) is 1.57. The molecule has 1 atom stereocenters. The number of halogens is 1. The molecule has 5 heteroatoms. The molecule has 0 radical (unpaired) electrons. The Kier molecular flexibility index (Phi) is 7.51. The van der Waals surface area contributed by atoms with Gasteiger partial charge in [-0.25, -0.2) is 4.79 Å². The van der Waals surface area contributed by atoms with Gasteiger partial charge in [-0.2, -0.15) is 0 Å². The van der Waals surface area contributed by atoms with Gasteiger partial charge < -0.3 is 14.8 Å². The van der Waals surface area contributed by atoms with Crippen molar-refractivity contribution in [3.05, 3.63) is 0 Å². The molecule has 1 N–H and O–H groups in total. The SMILES string of the molecule is CC(C)COC(C)(CI)CNC(=O)OC(C)(C)C. The van der Waals surface area contributed by atoms with Gasteiger partial charge in [0.2, 0.25) is 0 Å². The average Bonchev–Trinajstić information content (AvgIpc) is 2.21. The van der Waals surface area contributed by atoms with Crippen molar-refractivity contribution in [3.8, 4) is 0 Å². The number of rotatable bonds is 6. The van der Waals surface area contributed by atoms with E-state index in [9.17, 15) is 4.79 Å². The lowest BCUT2D eigenvalue weighted by Gasteiger charge is -2.29. The summed E-state index contributed by atoms with van der Waals surface area (Å²) in [7, 11) is 0. The third-order valence-corrected chi connectivity index (χ3v) is 3.67. The standard InChI is InChI=1S/C13H26INO3/c1-10(2)7-17-13(6,8-14)9-15-11(16)18-12(3,4)5/h10H,7-9H2,1-6H3,(H,15,16). The van der Waals surface area contributed by atoms with E-state index in [-0.39, 0.29) is 5.60 Å². The molecular weight excluding hydrogens is 345 g/mol. The number of alkyl carbamates (subject to hydrolysis) is 1. The maximum Gasteiger partial charge on any atom is 0.407 e. The van der Waals surface area contributed by atoms with Gasteiger partial charge in [0.25, 0.3) is 0 Å². The van der Waals surface area contributed by atoms with Gasteiger partial charge in [0.15, 0.2) is 0 Å². The minimum Gasteiger partial charge on any atom is -0.444 e. The van der Waals surface area contributed by atoms with Crippen LogP contribution in [0.1, 0.15) is 41.5 Å². The summed E-state index contributed by atoms with van der Waals surface area (Å²) in [6.45, 7) is 12.9. The molecule has 4 nitrogen and oxygen atoms in total. The van der Waals surface area contributed by atoms with Crippen LogP contribution in [-0.4, -0.2) is 34.9 Å². The van der Waals surface area contributed by atoms with Crippen LogP contribution in [0.5, 0.6) is 0 Å². The molecule has 0 aliphatic heterocycles. The zero-order chi connectivity index (χ0) is 14.4. The first-order valence-electron chi connectivity index (χ1n) is 6.25. The molecule has 0 bridgehead atoms. The second kappa shape index (κ2) is 7.53. The Balaban J connectivity index is 4.17. The summed E-state index contributed by atoms with van der Waals surface area (Å²) < 4.78 is 11.9. The lowest BCUT2D eigenvalue weighted by molar-refractivity contribution is -0.0259. The van der Waals surface area contributed by atoms with Crippen LogP contribution in [0.25, 0.3) is 0 Å².